The molecule has 5 aromatic carbocycles. The van der Waals surface area contributed by atoms with Crippen molar-refractivity contribution in [3.05, 3.63) is 126 Å². The largest absolute Gasteiger partial charge is 0.454 e. The first kappa shape index (κ1) is 20.9. The lowest BCUT2D eigenvalue weighted by atomic mass is 9.95. The summed E-state index contributed by atoms with van der Waals surface area (Å²) < 4.78 is 6.53. The number of hydrogen-bond acceptors (Lipinski definition) is 4. The van der Waals surface area contributed by atoms with Crippen molar-refractivity contribution in [3.8, 4) is 39.6 Å². The number of rotatable bonds is 2. The Morgan fingerprint density at radius 3 is 2.16 bits per heavy atom. The molecule has 4 heteroatoms. The van der Waals surface area contributed by atoms with Gasteiger partial charge in [-0.15, -0.1) is 0 Å². The van der Waals surface area contributed by atoms with E-state index in [1.807, 2.05) is 24.3 Å². The van der Waals surface area contributed by atoms with E-state index in [1.54, 1.807) is 0 Å². The van der Waals surface area contributed by atoms with Gasteiger partial charge in [-0.2, -0.15) is 5.26 Å². The molecule has 0 bridgehead atoms. The van der Waals surface area contributed by atoms with Gasteiger partial charge in [0.05, 0.1) is 28.7 Å². The zero-order valence-corrected chi connectivity index (χ0v) is 20.3. The molecule has 0 radical (unpaired) electrons. The lowest BCUT2D eigenvalue weighted by Gasteiger charge is -2.32. The smallest absolute Gasteiger partial charge is 0.159 e. The van der Waals surface area contributed by atoms with Crippen molar-refractivity contribution >= 4 is 28.0 Å². The molecular formula is C34H21N3O. The van der Waals surface area contributed by atoms with E-state index in [9.17, 15) is 0 Å². The molecule has 1 unspecified atom stereocenters. The normalized spacial score (nSPS) is 14.7. The molecule has 0 aliphatic carbocycles. The number of nitrogens with one attached hydrogen (secondary N) is 1. The third-order valence-corrected chi connectivity index (χ3v) is 7.68. The van der Waals surface area contributed by atoms with Gasteiger partial charge < -0.3 is 14.6 Å². The topological polar surface area (TPSA) is 52.2 Å². The van der Waals surface area contributed by atoms with Crippen LogP contribution in [0.25, 0.3) is 44.5 Å². The first-order valence-electron chi connectivity index (χ1n) is 12.7. The predicted molar refractivity (Wildman–Crippen MR) is 152 cm³/mol. The van der Waals surface area contributed by atoms with Crippen LogP contribution in [0.3, 0.4) is 0 Å². The second kappa shape index (κ2) is 7.86. The predicted octanol–water partition coefficient (Wildman–Crippen LogP) is 8.88. The Bertz CT molecular complexity index is 1910. The molecule has 0 saturated heterocycles. The number of benzene rings is 5. The fourth-order valence-corrected chi connectivity index (χ4v) is 5.84. The van der Waals surface area contributed by atoms with E-state index in [2.05, 4.69) is 107 Å². The van der Waals surface area contributed by atoms with Crippen molar-refractivity contribution in [1.29, 1.82) is 5.26 Å². The van der Waals surface area contributed by atoms with Gasteiger partial charge in [-0.05, 0) is 58.7 Å². The SMILES string of the molecule is N#Cc1ccc(-c2ccc(-c3ccc4oc5c(c4c3)N3c4ccccc4NC3c3ccccc3-5)cc2)cc1. The highest BCUT2D eigenvalue weighted by molar-refractivity contribution is 6.07. The molecule has 3 heterocycles. The first-order chi connectivity index (χ1) is 18.8. The summed E-state index contributed by atoms with van der Waals surface area (Å²) >= 11 is 0. The minimum Gasteiger partial charge on any atom is -0.454 e. The highest BCUT2D eigenvalue weighted by Gasteiger charge is 2.40. The number of nitriles is 1. The zero-order valence-electron chi connectivity index (χ0n) is 20.3. The van der Waals surface area contributed by atoms with Crippen LogP contribution in [-0.4, -0.2) is 0 Å². The second-order valence-corrected chi connectivity index (χ2v) is 9.78. The summed E-state index contributed by atoms with van der Waals surface area (Å²) in [4.78, 5) is 2.39. The van der Waals surface area contributed by atoms with Gasteiger partial charge in [-0.1, -0.05) is 78.9 Å². The molecule has 1 N–H and O–H groups in total. The third-order valence-electron chi connectivity index (χ3n) is 7.68. The van der Waals surface area contributed by atoms with Gasteiger partial charge in [0, 0.05) is 16.5 Å². The first-order valence-corrected chi connectivity index (χ1v) is 12.7. The molecule has 4 nitrogen and oxygen atoms in total. The molecule has 1 aromatic heterocycles. The molecule has 178 valence electrons. The number of nitrogens with zero attached hydrogens (tertiary/aromatic N) is 2. The number of anilines is 3. The molecule has 0 amide bonds. The lowest BCUT2D eigenvalue weighted by Crippen LogP contribution is -2.27. The molecule has 0 saturated carbocycles. The summed E-state index contributed by atoms with van der Waals surface area (Å²) in [6.45, 7) is 0. The van der Waals surface area contributed by atoms with Crippen LogP contribution in [0, 0.1) is 11.3 Å². The van der Waals surface area contributed by atoms with Crippen LogP contribution >= 0.6 is 0 Å². The molecular weight excluding hydrogens is 466 g/mol. The Morgan fingerprint density at radius 1 is 0.711 bits per heavy atom. The van der Waals surface area contributed by atoms with Crippen LogP contribution in [0.4, 0.5) is 17.1 Å². The van der Waals surface area contributed by atoms with Crippen molar-refractivity contribution in [2.24, 2.45) is 0 Å². The standard InChI is InChI=1S/C34H21N3O/c35-20-21-9-11-22(12-10-21)23-13-15-24(16-14-23)25-17-18-31-28(19-25)32-33(38-31)26-5-1-2-6-27(26)34-36-29-7-3-4-8-30(29)37(32)34/h1-19,34,36H. The Kier molecular flexibility index (Phi) is 4.32. The van der Waals surface area contributed by atoms with Gasteiger partial charge in [-0.3, -0.25) is 0 Å². The third kappa shape index (κ3) is 2.96. The maximum absolute atomic E-state index is 9.08. The summed E-state index contributed by atoms with van der Waals surface area (Å²) in [5.74, 6) is 0.915. The molecule has 6 aromatic rings. The van der Waals surface area contributed by atoms with E-state index in [1.165, 1.54) is 5.56 Å². The van der Waals surface area contributed by atoms with Crippen LogP contribution < -0.4 is 10.2 Å². The lowest BCUT2D eigenvalue weighted by molar-refractivity contribution is 0.622. The van der Waals surface area contributed by atoms with Crippen LogP contribution in [-0.2, 0) is 0 Å². The van der Waals surface area contributed by atoms with Crippen molar-refractivity contribution < 1.29 is 4.42 Å². The summed E-state index contributed by atoms with van der Waals surface area (Å²) in [6.07, 6.45) is 0.0206. The Hall–Kier alpha value is -5.27. The van der Waals surface area contributed by atoms with Gasteiger partial charge >= 0.3 is 0 Å². The van der Waals surface area contributed by atoms with Gasteiger partial charge in [0.15, 0.2) is 5.76 Å². The zero-order chi connectivity index (χ0) is 25.2. The van der Waals surface area contributed by atoms with Gasteiger partial charge in [0.1, 0.15) is 11.7 Å². The van der Waals surface area contributed by atoms with Crippen LogP contribution in [0.2, 0.25) is 0 Å². The van der Waals surface area contributed by atoms with Crippen LogP contribution in [0.5, 0.6) is 0 Å². The van der Waals surface area contributed by atoms with Crippen molar-refractivity contribution in [2.75, 3.05) is 10.2 Å². The van der Waals surface area contributed by atoms with Crippen molar-refractivity contribution in [1.82, 2.24) is 0 Å². The monoisotopic (exact) mass is 487 g/mol. The molecule has 2 aliphatic heterocycles. The van der Waals surface area contributed by atoms with E-state index in [0.717, 1.165) is 61.6 Å². The number of hydrogen-bond donors (Lipinski definition) is 1. The van der Waals surface area contributed by atoms with Crippen molar-refractivity contribution in [3.63, 3.8) is 0 Å². The molecule has 1 atom stereocenters. The molecule has 2 aliphatic rings. The highest BCUT2D eigenvalue weighted by Crippen LogP contribution is 2.57. The fourth-order valence-electron chi connectivity index (χ4n) is 5.84. The average molecular weight is 488 g/mol. The van der Waals surface area contributed by atoms with E-state index in [0.29, 0.717) is 5.56 Å². The number of fused-ring (bicyclic) bond motifs is 10. The molecule has 0 spiro atoms. The van der Waals surface area contributed by atoms with Gasteiger partial charge in [0.2, 0.25) is 0 Å². The van der Waals surface area contributed by atoms with Crippen molar-refractivity contribution in [2.45, 2.75) is 6.17 Å². The van der Waals surface area contributed by atoms with Crippen LogP contribution in [0.1, 0.15) is 17.3 Å². The van der Waals surface area contributed by atoms with Crippen LogP contribution in [0.15, 0.2) is 120 Å². The fraction of sp³-hybridized carbons (Fsp3) is 0.0294. The summed E-state index contributed by atoms with van der Waals surface area (Å²) in [6, 6.07) is 41.9. The maximum atomic E-state index is 9.08. The number of furan rings is 1. The summed E-state index contributed by atoms with van der Waals surface area (Å²) in [5, 5.41) is 13.9. The van der Waals surface area contributed by atoms with Gasteiger partial charge in [-0.25, -0.2) is 0 Å². The van der Waals surface area contributed by atoms with E-state index >= 15 is 0 Å². The average Bonchev–Trinajstić information content (AvgIpc) is 3.56. The molecule has 0 fully saturated rings. The molecule has 38 heavy (non-hydrogen) atoms. The highest BCUT2D eigenvalue weighted by atomic mass is 16.3. The summed E-state index contributed by atoms with van der Waals surface area (Å²) in [5.41, 5.74) is 11.8. The Balaban J connectivity index is 1.26. The minimum absolute atomic E-state index is 0.0206. The quantitative estimate of drug-likeness (QED) is 0.265. The van der Waals surface area contributed by atoms with E-state index in [-0.39, 0.29) is 6.17 Å². The van der Waals surface area contributed by atoms with Gasteiger partial charge in [0.25, 0.3) is 0 Å². The van der Waals surface area contributed by atoms with E-state index in [4.69, 9.17) is 9.68 Å². The number of para-hydroxylation sites is 2. The molecule has 8 rings (SSSR count). The Labute approximate surface area is 220 Å². The maximum Gasteiger partial charge on any atom is 0.159 e. The summed E-state index contributed by atoms with van der Waals surface area (Å²) in [7, 11) is 0. The van der Waals surface area contributed by atoms with E-state index < -0.39 is 0 Å². The minimum atomic E-state index is 0.0206. The Morgan fingerprint density at radius 2 is 1.37 bits per heavy atom. The second-order valence-electron chi connectivity index (χ2n) is 9.78.